The summed E-state index contributed by atoms with van der Waals surface area (Å²) < 4.78 is 19.9. The molecule has 3 N–H and O–H groups in total. The fourth-order valence-corrected chi connectivity index (χ4v) is 5.04. The van der Waals surface area contributed by atoms with E-state index in [1.807, 2.05) is 25.1 Å². The van der Waals surface area contributed by atoms with Gasteiger partial charge in [-0.15, -0.1) is 0 Å². The van der Waals surface area contributed by atoms with E-state index >= 15 is 0 Å². The summed E-state index contributed by atoms with van der Waals surface area (Å²) in [6.07, 6.45) is -1.45. The van der Waals surface area contributed by atoms with Crippen LogP contribution in [0.15, 0.2) is 42.5 Å². The molecular weight excluding hydrogens is 521 g/mol. The zero-order valence-electron chi connectivity index (χ0n) is 22.6. The number of anilines is 2. The van der Waals surface area contributed by atoms with E-state index in [0.717, 1.165) is 5.56 Å². The highest BCUT2D eigenvalue weighted by Gasteiger charge is 2.42. The van der Waals surface area contributed by atoms with Crippen molar-refractivity contribution < 1.29 is 33.4 Å². The number of hydrogen-bond acceptors (Lipinski definition) is 6. The minimum atomic E-state index is -1.31. The van der Waals surface area contributed by atoms with Gasteiger partial charge >= 0.3 is 12.0 Å². The number of alkyl halides is 1. The second-order valence-corrected chi connectivity index (χ2v) is 10.00. The average Bonchev–Trinajstić information content (AvgIpc) is 3.32. The van der Waals surface area contributed by atoms with Gasteiger partial charge in [-0.1, -0.05) is 24.3 Å². The number of carboxylic acid groups (broad SMARTS) is 1. The van der Waals surface area contributed by atoms with Crippen LogP contribution < -0.4 is 15.4 Å². The van der Waals surface area contributed by atoms with Gasteiger partial charge in [-0.25, -0.2) is 9.18 Å². The molecule has 0 bridgehead atoms. The number of nitrogens with zero attached hydrogens (tertiary/aromatic N) is 3. The van der Waals surface area contributed by atoms with Gasteiger partial charge in [0.2, 0.25) is 11.8 Å². The summed E-state index contributed by atoms with van der Waals surface area (Å²) in [4.78, 5) is 54.5. The predicted octanol–water partition coefficient (Wildman–Crippen LogP) is 2.36. The maximum absolute atomic E-state index is 14.4. The van der Waals surface area contributed by atoms with Gasteiger partial charge in [-0.3, -0.25) is 19.3 Å². The monoisotopic (exact) mass is 555 g/mol. The molecule has 2 heterocycles. The lowest BCUT2D eigenvalue weighted by Crippen LogP contribution is -2.55. The van der Waals surface area contributed by atoms with Gasteiger partial charge in [0.15, 0.2) is 0 Å². The van der Waals surface area contributed by atoms with Gasteiger partial charge in [0.05, 0.1) is 32.3 Å². The van der Waals surface area contributed by atoms with E-state index in [1.54, 1.807) is 34.1 Å². The molecule has 0 aromatic heterocycles. The Balaban J connectivity index is 1.38. The van der Waals surface area contributed by atoms with Crippen molar-refractivity contribution in [1.29, 1.82) is 0 Å². The Morgan fingerprint density at radius 2 is 1.73 bits per heavy atom. The first-order valence-corrected chi connectivity index (χ1v) is 13.1. The normalized spacial score (nSPS) is 19.3. The molecule has 0 radical (unpaired) electrons. The highest BCUT2D eigenvalue weighted by Crippen LogP contribution is 2.28. The molecule has 214 valence electrons. The Labute approximate surface area is 231 Å². The number of ether oxygens (including phenoxy) is 1. The number of rotatable bonds is 8. The molecule has 0 unspecified atom stereocenters. The third kappa shape index (κ3) is 7.06. The van der Waals surface area contributed by atoms with Crippen LogP contribution in [0.25, 0.3) is 0 Å². The molecule has 2 aliphatic rings. The molecule has 2 atom stereocenters. The number of methoxy groups -OCH3 is 1. The maximum atomic E-state index is 14.4. The molecule has 2 saturated heterocycles. The summed E-state index contributed by atoms with van der Waals surface area (Å²) in [7, 11) is 1.45. The van der Waals surface area contributed by atoms with Gasteiger partial charge in [0.25, 0.3) is 0 Å². The number of carbonyl (C=O) groups is 4. The number of carbonyl (C=O) groups excluding carboxylic acids is 3. The van der Waals surface area contributed by atoms with Crippen molar-refractivity contribution in [2.45, 2.75) is 32.0 Å². The van der Waals surface area contributed by atoms with Gasteiger partial charge in [0.1, 0.15) is 18.0 Å². The summed E-state index contributed by atoms with van der Waals surface area (Å²) in [5, 5.41) is 14.5. The van der Waals surface area contributed by atoms with Crippen LogP contribution in [-0.4, -0.2) is 102 Å². The van der Waals surface area contributed by atoms with Crippen LogP contribution in [0, 0.1) is 6.92 Å². The zero-order chi connectivity index (χ0) is 28.8. The number of aryl methyl sites for hydroxylation is 1. The smallest absolute Gasteiger partial charge is 0.323 e. The van der Waals surface area contributed by atoms with E-state index in [9.17, 15) is 23.6 Å². The minimum absolute atomic E-state index is 0.0674. The molecule has 11 nitrogen and oxygen atoms in total. The molecule has 12 heteroatoms. The van der Waals surface area contributed by atoms with Gasteiger partial charge in [-0.05, 0) is 36.2 Å². The van der Waals surface area contributed by atoms with Crippen molar-refractivity contribution >= 4 is 35.2 Å². The summed E-state index contributed by atoms with van der Waals surface area (Å²) in [5.74, 6) is -1.29. The Kier molecular flexibility index (Phi) is 9.20. The Morgan fingerprint density at radius 3 is 2.40 bits per heavy atom. The summed E-state index contributed by atoms with van der Waals surface area (Å²) >= 11 is 0. The van der Waals surface area contributed by atoms with Crippen LogP contribution in [0.5, 0.6) is 5.75 Å². The Bertz CT molecular complexity index is 1270. The number of nitrogens with one attached hydrogen (secondary N) is 2. The Hall–Kier alpha value is -4.19. The fourth-order valence-electron chi connectivity index (χ4n) is 5.04. The first-order valence-electron chi connectivity index (χ1n) is 13.1. The van der Waals surface area contributed by atoms with Crippen LogP contribution in [0.4, 0.5) is 20.6 Å². The van der Waals surface area contributed by atoms with Crippen molar-refractivity contribution in [2.75, 3.05) is 57.0 Å². The number of amides is 4. The van der Waals surface area contributed by atoms with E-state index in [2.05, 4.69) is 10.6 Å². The van der Waals surface area contributed by atoms with E-state index in [-0.39, 0.29) is 37.7 Å². The van der Waals surface area contributed by atoms with E-state index in [0.29, 0.717) is 48.9 Å². The van der Waals surface area contributed by atoms with E-state index in [4.69, 9.17) is 9.84 Å². The number of urea groups is 1. The molecule has 2 aliphatic heterocycles. The SMILES string of the molecule is COc1cc(CC(=O)N2C[C@H](F)C[C@H]2C(=O)N2CCN(CC(=O)O)CC2)ccc1NC(=O)Nc1ccccc1C. The third-order valence-electron chi connectivity index (χ3n) is 7.16. The van der Waals surface area contributed by atoms with E-state index in [1.165, 1.54) is 12.0 Å². The summed E-state index contributed by atoms with van der Waals surface area (Å²) in [6.45, 7) is 3.08. The maximum Gasteiger partial charge on any atom is 0.323 e. The van der Waals surface area contributed by atoms with Crippen molar-refractivity contribution in [3.05, 3.63) is 53.6 Å². The highest BCUT2D eigenvalue weighted by molar-refractivity contribution is 6.01. The van der Waals surface area contributed by atoms with Gasteiger partial charge in [0, 0.05) is 38.3 Å². The lowest BCUT2D eigenvalue weighted by atomic mass is 10.1. The summed E-state index contributed by atoms with van der Waals surface area (Å²) in [6, 6.07) is 10.9. The molecule has 2 fully saturated rings. The number of piperazine rings is 1. The zero-order valence-corrected chi connectivity index (χ0v) is 22.6. The lowest BCUT2D eigenvalue weighted by Gasteiger charge is -2.36. The predicted molar refractivity (Wildman–Crippen MR) is 146 cm³/mol. The Morgan fingerprint density at radius 1 is 1.02 bits per heavy atom. The topological polar surface area (TPSA) is 132 Å². The second-order valence-electron chi connectivity index (χ2n) is 10.00. The van der Waals surface area contributed by atoms with Crippen LogP contribution in [-0.2, 0) is 20.8 Å². The van der Waals surface area contributed by atoms with Crippen LogP contribution in [0.3, 0.4) is 0 Å². The molecule has 0 saturated carbocycles. The van der Waals surface area contributed by atoms with Gasteiger partial charge in [-0.2, -0.15) is 0 Å². The lowest BCUT2D eigenvalue weighted by molar-refractivity contribution is -0.145. The van der Waals surface area contributed by atoms with E-state index < -0.39 is 24.2 Å². The molecule has 2 aromatic carbocycles. The first kappa shape index (κ1) is 28.8. The molecule has 4 rings (SSSR count). The molecule has 2 aromatic rings. The third-order valence-corrected chi connectivity index (χ3v) is 7.16. The largest absolute Gasteiger partial charge is 0.495 e. The van der Waals surface area contributed by atoms with Crippen molar-refractivity contribution in [3.63, 3.8) is 0 Å². The number of halogens is 1. The summed E-state index contributed by atoms with van der Waals surface area (Å²) in [5.41, 5.74) is 2.57. The van der Waals surface area contributed by atoms with Crippen LogP contribution in [0.2, 0.25) is 0 Å². The minimum Gasteiger partial charge on any atom is -0.495 e. The number of hydrogen-bond donors (Lipinski definition) is 3. The molecule has 0 spiro atoms. The molecular formula is C28H34FN5O6. The highest BCUT2D eigenvalue weighted by atomic mass is 19.1. The number of likely N-dealkylation sites (tertiary alicyclic amines) is 1. The fraction of sp³-hybridized carbons (Fsp3) is 0.429. The van der Waals surface area contributed by atoms with Crippen molar-refractivity contribution in [2.24, 2.45) is 0 Å². The van der Waals surface area contributed by atoms with Crippen LogP contribution in [0.1, 0.15) is 17.5 Å². The molecule has 0 aliphatic carbocycles. The number of carboxylic acids is 1. The number of para-hydroxylation sites is 1. The van der Waals surface area contributed by atoms with Gasteiger partial charge < -0.3 is 30.3 Å². The molecule has 4 amide bonds. The quantitative estimate of drug-likeness (QED) is 0.456. The van der Waals surface area contributed by atoms with Crippen molar-refractivity contribution in [3.8, 4) is 5.75 Å². The standard InChI is InChI=1S/C28H34FN5O6/c1-18-5-3-4-6-21(18)30-28(39)31-22-8-7-19(13-24(22)40-2)14-25(35)34-16-20(29)15-23(34)27(38)33-11-9-32(10-12-33)17-26(36)37/h3-8,13,20,23H,9-12,14-17H2,1-2H3,(H,36,37)(H2,30,31,39)/t20-,23+/m1/s1. The number of aliphatic carboxylic acids is 1. The number of benzene rings is 2. The first-order chi connectivity index (χ1) is 19.1. The molecule has 40 heavy (non-hydrogen) atoms. The second kappa shape index (κ2) is 12.8. The average molecular weight is 556 g/mol. The van der Waals surface area contributed by atoms with Crippen LogP contribution >= 0.6 is 0 Å². The van der Waals surface area contributed by atoms with Crippen molar-refractivity contribution in [1.82, 2.24) is 14.7 Å².